The minimum atomic E-state index is -0.385. The highest BCUT2D eigenvalue weighted by atomic mass is 16.5. The van der Waals surface area contributed by atoms with Crippen LogP contribution in [0.5, 0.6) is 0 Å². The zero-order valence-electron chi connectivity index (χ0n) is 5.85. The Morgan fingerprint density at radius 2 is 2.20 bits per heavy atom. The molecule has 4 heteroatoms. The van der Waals surface area contributed by atoms with E-state index in [4.69, 9.17) is 0 Å². The molecule has 0 aliphatic carbocycles. The Balaban J connectivity index is 3.20. The van der Waals surface area contributed by atoms with Gasteiger partial charge in [0, 0.05) is 13.5 Å². The van der Waals surface area contributed by atoms with E-state index in [9.17, 15) is 9.59 Å². The second-order valence-electron chi connectivity index (χ2n) is 1.68. The third kappa shape index (κ3) is 5.08. The molecule has 1 N–H and O–H groups in total. The summed E-state index contributed by atoms with van der Waals surface area (Å²) in [5.41, 5.74) is 0. The van der Waals surface area contributed by atoms with Gasteiger partial charge in [-0.25, -0.2) is 0 Å². The molecule has 4 nitrogen and oxygen atoms in total. The van der Waals surface area contributed by atoms with Crippen molar-refractivity contribution in [1.29, 1.82) is 0 Å². The topological polar surface area (TPSA) is 55.4 Å². The number of carbonyl (C=O) groups excluding carboxylic acids is 2. The number of amides is 1. The Kier molecular flexibility index (Phi) is 4.28. The maximum Gasteiger partial charge on any atom is 0.307 e. The summed E-state index contributed by atoms with van der Waals surface area (Å²) < 4.78 is 4.32. The summed E-state index contributed by atoms with van der Waals surface area (Å²) in [6, 6.07) is 0. The fourth-order valence-corrected chi connectivity index (χ4v) is 0.406. The highest BCUT2D eigenvalue weighted by Gasteiger charge is 1.98. The molecule has 0 heterocycles. The Morgan fingerprint density at radius 1 is 1.60 bits per heavy atom. The van der Waals surface area contributed by atoms with Crippen LogP contribution in [-0.2, 0) is 14.3 Å². The minimum Gasteiger partial charge on any atom is -0.469 e. The Labute approximate surface area is 59.6 Å². The van der Waals surface area contributed by atoms with Crippen molar-refractivity contribution in [1.82, 2.24) is 5.32 Å². The van der Waals surface area contributed by atoms with Gasteiger partial charge in [0.1, 0.15) is 0 Å². The smallest absolute Gasteiger partial charge is 0.307 e. The fraction of sp³-hybridized carbons (Fsp3) is 0.500. The van der Waals surface area contributed by atoms with Crippen LogP contribution in [0, 0.1) is 6.92 Å². The van der Waals surface area contributed by atoms with Crippen LogP contribution in [0.2, 0.25) is 0 Å². The molecule has 0 saturated heterocycles. The number of carbonyl (C=O) groups is 2. The Hall–Kier alpha value is -1.06. The van der Waals surface area contributed by atoms with E-state index >= 15 is 0 Å². The van der Waals surface area contributed by atoms with Gasteiger partial charge in [-0.05, 0) is 0 Å². The van der Waals surface area contributed by atoms with Gasteiger partial charge in [-0.3, -0.25) is 9.59 Å². The lowest BCUT2D eigenvalue weighted by molar-refractivity contribution is -0.140. The predicted molar refractivity (Wildman–Crippen MR) is 35.0 cm³/mol. The first-order chi connectivity index (χ1) is 4.66. The molecule has 0 aromatic carbocycles. The number of ether oxygens (including phenoxy) is 1. The molecule has 0 fully saturated rings. The van der Waals surface area contributed by atoms with Gasteiger partial charge in [-0.2, -0.15) is 0 Å². The molecule has 0 saturated carbocycles. The third-order valence-electron chi connectivity index (χ3n) is 0.879. The molecule has 1 amide bonds. The first kappa shape index (κ1) is 8.94. The summed E-state index contributed by atoms with van der Waals surface area (Å²) in [6.45, 7) is 3.35. The van der Waals surface area contributed by atoms with Crippen molar-refractivity contribution in [3.8, 4) is 0 Å². The minimum absolute atomic E-state index is 0.192. The van der Waals surface area contributed by atoms with Gasteiger partial charge < -0.3 is 10.1 Å². The predicted octanol–water partition coefficient (Wildman–Crippen LogP) is -0.500. The number of esters is 1. The van der Waals surface area contributed by atoms with Crippen LogP contribution in [-0.4, -0.2) is 25.5 Å². The maximum absolute atomic E-state index is 10.4. The molecule has 0 aliphatic rings. The fourth-order valence-electron chi connectivity index (χ4n) is 0.406. The number of rotatable bonds is 3. The van der Waals surface area contributed by atoms with Crippen molar-refractivity contribution in [2.45, 2.75) is 6.42 Å². The van der Waals surface area contributed by atoms with E-state index in [-0.39, 0.29) is 24.8 Å². The second kappa shape index (κ2) is 4.78. The Morgan fingerprint density at radius 3 is 2.60 bits per heavy atom. The van der Waals surface area contributed by atoms with Gasteiger partial charge >= 0.3 is 5.97 Å². The summed E-state index contributed by atoms with van der Waals surface area (Å²) >= 11 is 0. The summed E-state index contributed by atoms with van der Waals surface area (Å²) in [5.74, 6) is -0.724. The maximum atomic E-state index is 10.4. The van der Waals surface area contributed by atoms with Crippen molar-refractivity contribution in [2.24, 2.45) is 0 Å². The van der Waals surface area contributed by atoms with E-state index in [1.165, 1.54) is 7.11 Å². The van der Waals surface area contributed by atoms with Gasteiger partial charge in [0.15, 0.2) is 0 Å². The first-order valence-electron chi connectivity index (χ1n) is 2.83. The van der Waals surface area contributed by atoms with Crippen molar-refractivity contribution >= 4 is 11.9 Å². The normalized spacial score (nSPS) is 8.60. The third-order valence-corrected chi connectivity index (χ3v) is 0.879. The zero-order chi connectivity index (χ0) is 7.98. The summed E-state index contributed by atoms with van der Waals surface area (Å²) in [7, 11) is 1.30. The molecule has 0 aliphatic heterocycles. The lowest BCUT2D eigenvalue weighted by Gasteiger charge is -1.98. The molecule has 10 heavy (non-hydrogen) atoms. The van der Waals surface area contributed by atoms with Crippen LogP contribution in [0.15, 0.2) is 0 Å². The van der Waals surface area contributed by atoms with Crippen LogP contribution in [0.25, 0.3) is 0 Å². The van der Waals surface area contributed by atoms with Crippen LogP contribution in [0.1, 0.15) is 6.42 Å². The van der Waals surface area contributed by atoms with Crippen molar-refractivity contribution in [3.05, 3.63) is 6.92 Å². The van der Waals surface area contributed by atoms with Gasteiger partial charge in [0.2, 0.25) is 5.91 Å². The highest BCUT2D eigenvalue weighted by molar-refractivity contribution is 5.80. The quantitative estimate of drug-likeness (QED) is 0.543. The molecule has 0 aromatic heterocycles. The average Bonchev–Trinajstić information content (AvgIpc) is 1.87. The van der Waals surface area contributed by atoms with Crippen molar-refractivity contribution in [3.63, 3.8) is 0 Å². The first-order valence-corrected chi connectivity index (χ1v) is 2.83. The molecule has 1 radical (unpaired) electrons. The van der Waals surface area contributed by atoms with Gasteiger partial charge in [-0.15, -0.1) is 0 Å². The van der Waals surface area contributed by atoms with E-state index in [0.717, 1.165) is 0 Å². The molecule has 0 spiro atoms. The van der Waals surface area contributed by atoms with E-state index in [1.54, 1.807) is 0 Å². The standard InChI is InChI=1S/C6H10NO3/c1-5(8)7-4-3-6(9)10-2/h1,3-4H2,2H3,(H,7,8). The van der Waals surface area contributed by atoms with E-state index in [0.29, 0.717) is 0 Å². The molecule has 0 unspecified atom stereocenters. The summed E-state index contributed by atoms with van der Waals surface area (Å²) in [4.78, 5) is 20.5. The number of methoxy groups -OCH3 is 1. The highest BCUT2D eigenvalue weighted by Crippen LogP contribution is 1.79. The lowest BCUT2D eigenvalue weighted by atomic mass is 10.4. The number of hydrogen-bond acceptors (Lipinski definition) is 3. The van der Waals surface area contributed by atoms with E-state index in [1.807, 2.05) is 0 Å². The van der Waals surface area contributed by atoms with Crippen LogP contribution >= 0.6 is 0 Å². The summed E-state index contributed by atoms with van der Waals surface area (Å²) in [5, 5.41) is 2.36. The van der Waals surface area contributed by atoms with Gasteiger partial charge in [0.25, 0.3) is 0 Å². The molecule has 0 aromatic rings. The van der Waals surface area contributed by atoms with Crippen molar-refractivity contribution < 1.29 is 14.3 Å². The SMILES string of the molecule is [CH2]C(=O)NCCC(=O)OC. The summed E-state index contributed by atoms with van der Waals surface area (Å²) in [6.07, 6.45) is 0.192. The lowest BCUT2D eigenvalue weighted by Crippen LogP contribution is -2.23. The Bertz CT molecular complexity index is 133. The average molecular weight is 144 g/mol. The molecule has 0 atom stereocenters. The van der Waals surface area contributed by atoms with Crippen LogP contribution in [0.4, 0.5) is 0 Å². The van der Waals surface area contributed by atoms with Crippen LogP contribution in [0.3, 0.4) is 0 Å². The molecule has 0 bridgehead atoms. The largest absolute Gasteiger partial charge is 0.469 e. The molecular formula is C6H10NO3. The molecular weight excluding hydrogens is 134 g/mol. The zero-order valence-corrected chi connectivity index (χ0v) is 5.85. The second-order valence-corrected chi connectivity index (χ2v) is 1.68. The number of hydrogen-bond donors (Lipinski definition) is 1. The molecule has 57 valence electrons. The van der Waals surface area contributed by atoms with Crippen molar-refractivity contribution in [2.75, 3.05) is 13.7 Å². The monoisotopic (exact) mass is 144 g/mol. The van der Waals surface area contributed by atoms with E-state index < -0.39 is 0 Å². The molecule has 0 rings (SSSR count). The van der Waals surface area contributed by atoms with E-state index in [2.05, 4.69) is 17.0 Å². The van der Waals surface area contributed by atoms with Gasteiger partial charge in [-0.1, -0.05) is 0 Å². The number of nitrogens with one attached hydrogen (secondary N) is 1. The van der Waals surface area contributed by atoms with Crippen LogP contribution < -0.4 is 5.32 Å². The van der Waals surface area contributed by atoms with Gasteiger partial charge in [0.05, 0.1) is 13.5 Å².